The number of methoxy groups -OCH3 is 1. The number of halogens is 1. The molecule has 0 atom stereocenters. The molecule has 1 aromatic carbocycles. The van der Waals surface area contributed by atoms with Gasteiger partial charge in [-0.25, -0.2) is 13.6 Å². The highest BCUT2D eigenvalue weighted by Crippen LogP contribution is 2.33. The molecule has 2 rings (SSSR count). The first-order valence-electron chi connectivity index (χ1n) is 6.04. The van der Waals surface area contributed by atoms with Gasteiger partial charge in [0, 0.05) is 18.7 Å². The Morgan fingerprint density at radius 3 is 2.45 bits per heavy atom. The lowest BCUT2D eigenvalue weighted by atomic mass is 10.2. The molecule has 1 fully saturated rings. The van der Waals surface area contributed by atoms with E-state index in [9.17, 15) is 13.2 Å². The van der Waals surface area contributed by atoms with Gasteiger partial charge in [0.25, 0.3) is 5.91 Å². The highest BCUT2D eigenvalue weighted by atomic mass is 79.9. The predicted molar refractivity (Wildman–Crippen MR) is 77.2 cm³/mol. The number of benzene rings is 1. The fourth-order valence-electron chi connectivity index (χ4n) is 2.20. The molecule has 1 aliphatic heterocycles. The molecule has 1 aliphatic rings. The van der Waals surface area contributed by atoms with Crippen LogP contribution in [-0.4, -0.2) is 39.4 Å². The lowest BCUT2D eigenvalue weighted by Crippen LogP contribution is -2.28. The summed E-state index contributed by atoms with van der Waals surface area (Å²) in [6.45, 7) is 1.38. The fraction of sp³-hybridized carbons (Fsp3) is 0.417. The van der Waals surface area contributed by atoms with Crippen LogP contribution in [0, 0.1) is 0 Å². The molecule has 1 heterocycles. The van der Waals surface area contributed by atoms with Gasteiger partial charge in [-0.15, -0.1) is 0 Å². The lowest BCUT2D eigenvalue weighted by molar-refractivity contribution is 0.0792. The Labute approximate surface area is 126 Å². The second-order valence-corrected chi connectivity index (χ2v) is 6.92. The lowest BCUT2D eigenvalue weighted by Gasteiger charge is -2.17. The van der Waals surface area contributed by atoms with E-state index < -0.39 is 10.0 Å². The molecule has 0 aliphatic carbocycles. The van der Waals surface area contributed by atoms with Crippen LogP contribution in [0.4, 0.5) is 0 Å². The fourth-order valence-corrected chi connectivity index (χ4v) is 3.70. The molecule has 0 radical (unpaired) electrons. The summed E-state index contributed by atoms with van der Waals surface area (Å²) < 4.78 is 28.6. The maximum Gasteiger partial charge on any atom is 0.253 e. The van der Waals surface area contributed by atoms with Crippen molar-refractivity contribution < 1.29 is 17.9 Å². The Morgan fingerprint density at radius 2 is 1.95 bits per heavy atom. The van der Waals surface area contributed by atoms with Crippen molar-refractivity contribution in [3.63, 3.8) is 0 Å². The molecular formula is C12H15BrN2O4S. The van der Waals surface area contributed by atoms with Gasteiger partial charge in [0.15, 0.2) is 5.75 Å². The largest absolute Gasteiger partial charge is 0.494 e. The zero-order valence-corrected chi connectivity index (χ0v) is 13.3. The van der Waals surface area contributed by atoms with E-state index in [2.05, 4.69) is 15.9 Å². The van der Waals surface area contributed by atoms with Crippen molar-refractivity contribution in [2.45, 2.75) is 17.7 Å². The summed E-state index contributed by atoms with van der Waals surface area (Å²) in [4.78, 5) is 13.8. The minimum Gasteiger partial charge on any atom is -0.494 e. The zero-order chi connectivity index (χ0) is 14.9. The van der Waals surface area contributed by atoms with E-state index in [0.29, 0.717) is 17.6 Å². The minimum absolute atomic E-state index is 0.102. The Balaban J connectivity index is 2.51. The summed E-state index contributed by atoms with van der Waals surface area (Å²) >= 11 is 3.21. The Hall–Kier alpha value is -1.12. The van der Waals surface area contributed by atoms with Crippen molar-refractivity contribution in [3.8, 4) is 5.75 Å². The van der Waals surface area contributed by atoms with E-state index in [0.717, 1.165) is 12.8 Å². The SMILES string of the molecule is COc1c(Br)cc(C(=O)N2CCCC2)cc1S(N)(=O)=O. The molecule has 0 aromatic heterocycles. The van der Waals surface area contributed by atoms with Crippen LogP contribution in [0.1, 0.15) is 23.2 Å². The summed E-state index contributed by atoms with van der Waals surface area (Å²) in [5.74, 6) is -0.0961. The number of ether oxygens (including phenoxy) is 1. The Kier molecular flexibility index (Phi) is 4.36. The summed E-state index contributed by atoms with van der Waals surface area (Å²) in [6.07, 6.45) is 1.93. The second-order valence-electron chi connectivity index (χ2n) is 4.53. The van der Waals surface area contributed by atoms with Crippen LogP contribution in [0.5, 0.6) is 5.75 Å². The van der Waals surface area contributed by atoms with Gasteiger partial charge in [-0.2, -0.15) is 0 Å². The number of sulfonamides is 1. The summed E-state index contributed by atoms with van der Waals surface area (Å²) in [7, 11) is -2.63. The van der Waals surface area contributed by atoms with E-state index >= 15 is 0 Å². The van der Waals surface area contributed by atoms with Crippen LogP contribution in [-0.2, 0) is 10.0 Å². The average molecular weight is 363 g/mol. The topological polar surface area (TPSA) is 89.7 Å². The molecule has 8 heteroatoms. The number of likely N-dealkylation sites (tertiary alicyclic amines) is 1. The molecule has 20 heavy (non-hydrogen) atoms. The number of hydrogen-bond acceptors (Lipinski definition) is 4. The van der Waals surface area contributed by atoms with Gasteiger partial charge in [0.1, 0.15) is 4.90 Å². The molecule has 2 N–H and O–H groups in total. The molecule has 110 valence electrons. The summed E-state index contributed by atoms with van der Waals surface area (Å²) in [5, 5.41) is 5.17. The van der Waals surface area contributed by atoms with Crippen molar-refractivity contribution in [1.82, 2.24) is 4.90 Å². The summed E-state index contributed by atoms with van der Waals surface area (Å²) in [6, 6.07) is 2.81. The van der Waals surface area contributed by atoms with Gasteiger partial charge in [-0.3, -0.25) is 4.79 Å². The molecule has 1 saturated heterocycles. The monoisotopic (exact) mass is 362 g/mol. The molecule has 6 nitrogen and oxygen atoms in total. The van der Waals surface area contributed by atoms with Crippen molar-refractivity contribution in [2.75, 3.05) is 20.2 Å². The maximum absolute atomic E-state index is 12.3. The zero-order valence-electron chi connectivity index (χ0n) is 10.9. The number of nitrogens with zero attached hydrogens (tertiary/aromatic N) is 1. The standard InChI is InChI=1S/C12H15BrN2O4S/c1-19-11-9(13)6-8(7-10(11)20(14,17)18)12(16)15-4-2-3-5-15/h6-7H,2-5H2,1H3,(H2,14,17,18). The van der Waals surface area contributed by atoms with Crippen molar-refractivity contribution in [1.29, 1.82) is 0 Å². The smallest absolute Gasteiger partial charge is 0.253 e. The number of amides is 1. The number of hydrogen-bond donors (Lipinski definition) is 1. The first-order valence-corrected chi connectivity index (χ1v) is 8.38. The van der Waals surface area contributed by atoms with Crippen molar-refractivity contribution in [3.05, 3.63) is 22.2 Å². The molecule has 0 saturated carbocycles. The Morgan fingerprint density at radius 1 is 1.35 bits per heavy atom. The first kappa shape index (κ1) is 15.3. The van der Waals surface area contributed by atoms with Gasteiger partial charge >= 0.3 is 0 Å². The van der Waals surface area contributed by atoms with E-state index in [-0.39, 0.29) is 22.1 Å². The average Bonchev–Trinajstić information content (AvgIpc) is 2.89. The molecule has 0 bridgehead atoms. The third-order valence-corrected chi connectivity index (χ3v) is 4.67. The molecular weight excluding hydrogens is 348 g/mol. The number of nitrogens with two attached hydrogens (primary N) is 1. The third-order valence-electron chi connectivity index (χ3n) is 3.16. The van der Waals surface area contributed by atoms with Crippen LogP contribution < -0.4 is 9.88 Å². The van der Waals surface area contributed by atoms with Crippen LogP contribution in [0.3, 0.4) is 0 Å². The quantitative estimate of drug-likeness (QED) is 0.878. The van der Waals surface area contributed by atoms with Gasteiger partial charge in [-0.05, 0) is 40.9 Å². The number of carbonyl (C=O) groups excluding carboxylic acids is 1. The number of rotatable bonds is 3. The van der Waals surface area contributed by atoms with E-state index in [4.69, 9.17) is 9.88 Å². The molecule has 1 aromatic rings. The Bertz CT molecular complexity index is 639. The van der Waals surface area contributed by atoms with Crippen LogP contribution in [0.25, 0.3) is 0 Å². The van der Waals surface area contributed by atoms with Crippen LogP contribution in [0.2, 0.25) is 0 Å². The van der Waals surface area contributed by atoms with Crippen molar-refractivity contribution >= 4 is 31.9 Å². The molecule has 0 unspecified atom stereocenters. The predicted octanol–water partition coefficient (Wildman–Crippen LogP) is 1.34. The highest BCUT2D eigenvalue weighted by Gasteiger charge is 2.25. The second kappa shape index (κ2) is 5.71. The molecule has 0 spiro atoms. The normalized spacial score (nSPS) is 15.4. The van der Waals surface area contributed by atoms with Gasteiger partial charge < -0.3 is 9.64 Å². The van der Waals surface area contributed by atoms with E-state index in [1.807, 2.05) is 0 Å². The molecule has 1 amide bonds. The van der Waals surface area contributed by atoms with Gasteiger partial charge in [0.05, 0.1) is 11.6 Å². The van der Waals surface area contributed by atoms with E-state index in [1.165, 1.54) is 13.2 Å². The maximum atomic E-state index is 12.3. The van der Waals surface area contributed by atoms with Crippen LogP contribution in [0.15, 0.2) is 21.5 Å². The highest BCUT2D eigenvalue weighted by molar-refractivity contribution is 9.10. The third kappa shape index (κ3) is 2.97. The van der Waals surface area contributed by atoms with Crippen LogP contribution >= 0.6 is 15.9 Å². The van der Waals surface area contributed by atoms with E-state index in [1.54, 1.807) is 11.0 Å². The first-order chi connectivity index (χ1) is 9.34. The summed E-state index contributed by atoms with van der Waals surface area (Å²) in [5.41, 5.74) is 0.281. The van der Waals surface area contributed by atoms with Gasteiger partial charge in [-0.1, -0.05) is 0 Å². The van der Waals surface area contributed by atoms with Gasteiger partial charge in [0.2, 0.25) is 10.0 Å². The number of primary sulfonamides is 1. The number of carbonyl (C=O) groups is 1. The minimum atomic E-state index is -3.97. The van der Waals surface area contributed by atoms with Crippen molar-refractivity contribution in [2.24, 2.45) is 5.14 Å².